The van der Waals surface area contributed by atoms with Gasteiger partial charge < -0.3 is 14.6 Å². The maximum atomic E-state index is 12.3. The molecular weight excluding hydrogens is 400 g/mol. The number of fused-ring (bicyclic) bond motifs is 1. The van der Waals surface area contributed by atoms with Gasteiger partial charge in [-0.1, -0.05) is 38.1 Å². The van der Waals surface area contributed by atoms with E-state index >= 15 is 0 Å². The molecule has 2 aromatic heterocycles. The largest absolute Gasteiger partial charge is 0.492 e. The first-order chi connectivity index (χ1) is 15.6. The van der Waals surface area contributed by atoms with Crippen molar-refractivity contribution in [2.45, 2.75) is 32.7 Å². The summed E-state index contributed by atoms with van der Waals surface area (Å²) >= 11 is 0. The number of carbonyl (C=O) groups is 1. The van der Waals surface area contributed by atoms with Gasteiger partial charge in [-0.15, -0.1) is 0 Å². The Balaban J connectivity index is 1.40. The molecule has 1 N–H and O–H groups in total. The van der Waals surface area contributed by atoms with Crippen LogP contribution in [0.25, 0.3) is 11.0 Å². The van der Waals surface area contributed by atoms with Gasteiger partial charge in [-0.05, 0) is 47.9 Å². The van der Waals surface area contributed by atoms with E-state index in [-0.39, 0.29) is 5.91 Å². The molecule has 0 aliphatic heterocycles. The molecule has 0 unspecified atom stereocenters. The summed E-state index contributed by atoms with van der Waals surface area (Å²) in [5.41, 5.74) is 3.87. The number of benzene rings is 2. The van der Waals surface area contributed by atoms with E-state index in [1.807, 2.05) is 30.3 Å². The molecular formula is C26H28N4O2. The number of amides is 1. The molecule has 0 spiro atoms. The third kappa shape index (κ3) is 5.14. The molecule has 4 rings (SSSR count). The van der Waals surface area contributed by atoms with Gasteiger partial charge in [0.1, 0.15) is 18.2 Å². The van der Waals surface area contributed by atoms with Crippen molar-refractivity contribution in [2.24, 2.45) is 0 Å². The van der Waals surface area contributed by atoms with E-state index in [9.17, 15) is 4.79 Å². The van der Waals surface area contributed by atoms with Crippen LogP contribution < -0.4 is 10.1 Å². The smallest absolute Gasteiger partial charge is 0.252 e. The average Bonchev–Trinajstić information content (AvgIpc) is 3.17. The molecule has 0 saturated heterocycles. The summed E-state index contributed by atoms with van der Waals surface area (Å²) in [5.74, 6) is 2.16. The SMILES string of the molecule is CC(C)c1ccc(OCCn2c(CCNC(=O)c3cccnc3)nc3ccccc32)cc1. The van der Waals surface area contributed by atoms with E-state index in [4.69, 9.17) is 9.72 Å². The van der Waals surface area contributed by atoms with Crippen LogP contribution in [0.4, 0.5) is 0 Å². The molecule has 0 aliphatic carbocycles. The Kier molecular flexibility index (Phi) is 6.80. The molecule has 2 aromatic carbocycles. The van der Waals surface area contributed by atoms with Crippen LogP contribution in [0.5, 0.6) is 5.75 Å². The fourth-order valence-corrected chi connectivity index (χ4v) is 3.66. The second-order valence-electron chi connectivity index (χ2n) is 7.99. The Morgan fingerprint density at radius 1 is 1.06 bits per heavy atom. The third-order valence-electron chi connectivity index (χ3n) is 5.42. The highest BCUT2D eigenvalue weighted by atomic mass is 16.5. The number of ether oxygens (including phenoxy) is 1. The van der Waals surface area contributed by atoms with Crippen molar-refractivity contribution in [1.82, 2.24) is 19.9 Å². The maximum absolute atomic E-state index is 12.3. The molecule has 1 amide bonds. The quantitative estimate of drug-likeness (QED) is 0.423. The highest BCUT2D eigenvalue weighted by Gasteiger charge is 2.12. The molecule has 0 radical (unpaired) electrons. The number of hydrogen-bond donors (Lipinski definition) is 1. The van der Waals surface area contributed by atoms with Crippen molar-refractivity contribution in [3.63, 3.8) is 0 Å². The normalized spacial score (nSPS) is 11.1. The number of carbonyl (C=O) groups excluding carboxylic acids is 1. The second-order valence-corrected chi connectivity index (χ2v) is 7.99. The first-order valence-corrected chi connectivity index (χ1v) is 11.0. The van der Waals surface area contributed by atoms with Crippen molar-refractivity contribution in [3.05, 3.63) is 90.0 Å². The minimum atomic E-state index is -0.131. The lowest BCUT2D eigenvalue weighted by Gasteiger charge is -2.12. The highest BCUT2D eigenvalue weighted by Crippen LogP contribution is 2.20. The molecule has 0 aliphatic rings. The van der Waals surface area contributed by atoms with Crippen LogP contribution in [-0.2, 0) is 13.0 Å². The fraction of sp³-hybridized carbons (Fsp3) is 0.269. The van der Waals surface area contributed by atoms with E-state index in [0.717, 1.165) is 22.6 Å². The zero-order valence-corrected chi connectivity index (χ0v) is 18.5. The Morgan fingerprint density at radius 3 is 2.62 bits per heavy atom. The molecule has 0 fully saturated rings. The standard InChI is InChI=1S/C26H28N4O2/c1-19(2)20-9-11-22(12-10-20)32-17-16-30-24-8-4-3-7-23(24)29-25(30)13-15-28-26(31)21-6-5-14-27-18-21/h3-12,14,18-19H,13,15-17H2,1-2H3,(H,28,31). The Bertz CT molecular complexity index is 1170. The summed E-state index contributed by atoms with van der Waals surface area (Å²) in [6.45, 7) is 6.07. The molecule has 6 heteroatoms. The van der Waals surface area contributed by atoms with Crippen LogP contribution in [0.15, 0.2) is 73.1 Å². The summed E-state index contributed by atoms with van der Waals surface area (Å²) in [5, 5.41) is 2.95. The van der Waals surface area contributed by atoms with Crippen LogP contribution >= 0.6 is 0 Å². The fourth-order valence-electron chi connectivity index (χ4n) is 3.66. The zero-order chi connectivity index (χ0) is 22.3. The van der Waals surface area contributed by atoms with E-state index in [2.05, 4.69) is 46.9 Å². The first-order valence-electron chi connectivity index (χ1n) is 11.0. The summed E-state index contributed by atoms with van der Waals surface area (Å²) in [4.78, 5) is 21.1. The van der Waals surface area contributed by atoms with E-state index in [1.165, 1.54) is 5.56 Å². The number of nitrogens with one attached hydrogen (secondary N) is 1. The predicted octanol–water partition coefficient (Wildman–Crippen LogP) is 4.61. The van der Waals surface area contributed by atoms with Crippen LogP contribution in [-0.4, -0.2) is 33.6 Å². The Labute approximate surface area is 188 Å². The summed E-state index contributed by atoms with van der Waals surface area (Å²) in [6, 6.07) is 19.9. The number of pyridine rings is 1. The van der Waals surface area contributed by atoms with Gasteiger partial charge in [-0.3, -0.25) is 9.78 Å². The molecule has 0 saturated carbocycles. The van der Waals surface area contributed by atoms with E-state index in [1.54, 1.807) is 24.5 Å². The lowest BCUT2D eigenvalue weighted by Crippen LogP contribution is -2.26. The van der Waals surface area contributed by atoms with Gasteiger partial charge in [-0.2, -0.15) is 0 Å². The van der Waals surface area contributed by atoms with Crippen LogP contribution in [0.3, 0.4) is 0 Å². The second kappa shape index (κ2) is 10.1. The van der Waals surface area contributed by atoms with Crippen molar-refractivity contribution in [1.29, 1.82) is 0 Å². The van der Waals surface area contributed by atoms with Gasteiger partial charge in [0, 0.05) is 25.4 Å². The van der Waals surface area contributed by atoms with Crippen LogP contribution in [0.1, 0.15) is 41.5 Å². The first kappa shape index (κ1) is 21.6. The summed E-state index contributed by atoms with van der Waals surface area (Å²) in [7, 11) is 0. The molecule has 0 bridgehead atoms. The third-order valence-corrected chi connectivity index (χ3v) is 5.42. The average molecular weight is 429 g/mol. The van der Waals surface area contributed by atoms with Crippen LogP contribution in [0.2, 0.25) is 0 Å². The van der Waals surface area contributed by atoms with E-state index < -0.39 is 0 Å². The number of rotatable bonds is 9. The maximum Gasteiger partial charge on any atom is 0.252 e. The van der Waals surface area contributed by atoms with Crippen molar-refractivity contribution in [2.75, 3.05) is 13.2 Å². The lowest BCUT2D eigenvalue weighted by atomic mass is 10.0. The molecule has 0 atom stereocenters. The lowest BCUT2D eigenvalue weighted by molar-refractivity contribution is 0.0953. The van der Waals surface area contributed by atoms with Crippen LogP contribution in [0, 0.1) is 0 Å². The minimum absolute atomic E-state index is 0.131. The molecule has 164 valence electrons. The van der Waals surface area contributed by atoms with Crippen molar-refractivity contribution >= 4 is 16.9 Å². The van der Waals surface area contributed by atoms with Gasteiger partial charge in [-0.25, -0.2) is 4.98 Å². The zero-order valence-electron chi connectivity index (χ0n) is 18.5. The minimum Gasteiger partial charge on any atom is -0.492 e. The predicted molar refractivity (Wildman–Crippen MR) is 126 cm³/mol. The summed E-state index contributed by atoms with van der Waals surface area (Å²) < 4.78 is 8.17. The van der Waals surface area contributed by atoms with Crippen molar-refractivity contribution < 1.29 is 9.53 Å². The topological polar surface area (TPSA) is 69.0 Å². The van der Waals surface area contributed by atoms with Gasteiger partial charge in [0.25, 0.3) is 5.91 Å². The number of hydrogen-bond acceptors (Lipinski definition) is 4. The van der Waals surface area contributed by atoms with Gasteiger partial charge >= 0.3 is 0 Å². The molecule has 6 nitrogen and oxygen atoms in total. The Morgan fingerprint density at radius 2 is 1.88 bits per heavy atom. The summed E-state index contributed by atoms with van der Waals surface area (Å²) in [6.07, 6.45) is 3.85. The number of imidazole rings is 1. The molecule has 4 aromatic rings. The monoisotopic (exact) mass is 428 g/mol. The van der Waals surface area contributed by atoms with Gasteiger partial charge in [0.15, 0.2) is 0 Å². The molecule has 2 heterocycles. The van der Waals surface area contributed by atoms with E-state index in [0.29, 0.717) is 37.6 Å². The number of para-hydroxylation sites is 2. The van der Waals surface area contributed by atoms with Gasteiger partial charge in [0.2, 0.25) is 0 Å². The number of aromatic nitrogens is 3. The number of nitrogens with zero attached hydrogens (tertiary/aromatic N) is 3. The molecule has 32 heavy (non-hydrogen) atoms. The Hall–Kier alpha value is -3.67. The van der Waals surface area contributed by atoms with Gasteiger partial charge in [0.05, 0.1) is 23.1 Å². The van der Waals surface area contributed by atoms with Crippen molar-refractivity contribution in [3.8, 4) is 5.75 Å². The highest BCUT2D eigenvalue weighted by molar-refractivity contribution is 5.93.